The molecule has 12 heavy (non-hydrogen) atoms. The van der Waals surface area contributed by atoms with Gasteiger partial charge in [-0.05, 0) is 26.3 Å². The molecule has 0 radical (unpaired) electrons. The van der Waals surface area contributed by atoms with Crippen molar-refractivity contribution in [3.05, 3.63) is 0 Å². The molecule has 1 aliphatic rings. The molecule has 2 N–H and O–H groups in total. The Morgan fingerprint density at radius 3 is 3.17 bits per heavy atom. The zero-order valence-electron chi connectivity index (χ0n) is 7.43. The van der Waals surface area contributed by atoms with Crippen LogP contribution < -0.4 is 10.8 Å². The summed E-state index contributed by atoms with van der Waals surface area (Å²) in [6.45, 7) is 3.39. The summed E-state index contributed by atoms with van der Waals surface area (Å²) in [6, 6.07) is 0.352. The minimum Gasteiger partial charge on any atom is -0.313 e. The van der Waals surface area contributed by atoms with Crippen molar-refractivity contribution < 1.29 is 9.63 Å². The summed E-state index contributed by atoms with van der Waals surface area (Å²) in [5.41, 5.74) is 2.38. The number of hydroxylamine groups is 1. The number of hydrogen-bond donors (Lipinski definition) is 2. The summed E-state index contributed by atoms with van der Waals surface area (Å²) in [4.78, 5) is 15.9. The third-order valence-electron chi connectivity index (χ3n) is 1.92. The average molecular weight is 172 g/mol. The summed E-state index contributed by atoms with van der Waals surface area (Å²) >= 11 is 0. The van der Waals surface area contributed by atoms with Crippen molar-refractivity contribution in [2.24, 2.45) is 0 Å². The van der Waals surface area contributed by atoms with Gasteiger partial charge in [0, 0.05) is 12.5 Å². The number of carbonyl (C=O) groups is 1. The molecule has 1 heterocycles. The maximum atomic E-state index is 11.1. The fraction of sp³-hybridized carbons (Fsp3) is 0.875. The zero-order chi connectivity index (χ0) is 8.81. The highest BCUT2D eigenvalue weighted by Gasteiger charge is 2.17. The Hall–Kier alpha value is -0.610. The molecule has 0 aromatic rings. The van der Waals surface area contributed by atoms with E-state index in [1.807, 2.05) is 6.92 Å². The molecule has 1 rings (SSSR count). The van der Waals surface area contributed by atoms with Gasteiger partial charge in [-0.1, -0.05) is 0 Å². The lowest BCUT2D eigenvalue weighted by atomic mass is 10.1. The lowest BCUT2D eigenvalue weighted by molar-refractivity contribution is -0.133. The summed E-state index contributed by atoms with van der Waals surface area (Å²) in [6.07, 6.45) is 2.80. The molecule has 1 unspecified atom stereocenters. The summed E-state index contributed by atoms with van der Waals surface area (Å²) in [5.74, 6) is -0.0312. The number of amides is 1. The van der Waals surface area contributed by atoms with E-state index >= 15 is 0 Å². The van der Waals surface area contributed by atoms with Crippen molar-refractivity contribution in [1.82, 2.24) is 10.8 Å². The van der Waals surface area contributed by atoms with Crippen LogP contribution in [0.3, 0.4) is 0 Å². The predicted molar refractivity (Wildman–Crippen MR) is 45.4 cm³/mol. The molecule has 0 bridgehead atoms. The maximum Gasteiger partial charge on any atom is 0.245 e. The van der Waals surface area contributed by atoms with Gasteiger partial charge in [0.25, 0.3) is 0 Å². The van der Waals surface area contributed by atoms with Gasteiger partial charge in [-0.2, -0.15) is 0 Å². The van der Waals surface area contributed by atoms with Crippen molar-refractivity contribution in [3.63, 3.8) is 0 Å². The van der Waals surface area contributed by atoms with Crippen molar-refractivity contribution in [3.8, 4) is 0 Å². The van der Waals surface area contributed by atoms with Gasteiger partial charge in [0.15, 0.2) is 0 Å². The minimum atomic E-state index is -0.0312. The van der Waals surface area contributed by atoms with Crippen molar-refractivity contribution >= 4 is 5.91 Å². The number of rotatable bonds is 4. The van der Waals surface area contributed by atoms with E-state index in [1.54, 1.807) is 0 Å². The molecule has 0 aromatic heterocycles. The van der Waals surface area contributed by atoms with Gasteiger partial charge in [0.05, 0.1) is 6.61 Å². The highest BCUT2D eigenvalue weighted by atomic mass is 16.6. The van der Waals surface area contributed by atoms with E-state index in [4.69, 9.17) is 4.84 Å². The van der Waals surface area contributed by atoms with Crippen LogP contribution in [0.25, 0.3) is 0 Å². The van der Waals surface area contributed by atoms with Crippen LogP contribution in [0, 0.1) is 0 Å². The Labute approximate surface area is 72.6 Å². The second-order valence-electron chi connectivity index (χ2n) is 2.96. The van der Waals surface area contributed by atoms with Gasteiger partial charge in [0.1, 0.15) is 0 Å². The molecule has 0 saturated carbocycles. The van der Waals surface area contributed by atoms with Crippen LogP contribution in [0.1, 0.15) is 26.2 Å². The van der Waals surface area contributed by atoms with Crippen LogP contribution in [0.2, 0.25) is 0 Å². The van der Waals surface area contributed by atoms with Crippen LogP contribution in [0.15, 0.2) is 0 Å². The molecule has 1 fully saturated rings. The Balaban J connectivity index is 2.08. The highest BCUT2D eigenvalue weighted by molar-refractivity contribution is 5.75. The first-order chi connectivity index (χ1) is 5.83. The third-order valence-corrected chi connectivity index (χ3v) is 1.92. The quantitative estimate of drug-likeness (QED) is 0.595. The summed E-state index contributed by atoms with van der Waals surface area (Å²) < 4.78 is 0. The van der Waals surface area contributed by atoms with E-state index in [9.17, 15) is 4.79 Å². The van der Waals surface area contributed by atoms with Crippen LogP contribution in [0.4, 0.5) is 0 Å². The average Bonchev–Trinajstić information content (AvgIpc) is 2.53. The number of carbonyl (C=O) groups excluding carboxylic acids is 1. The second kappa shape index (κ2) is 5.11. The molecule has 4 nitrogen and oxygen atoms in total. The standard InChI is InChI=1S/C8H16N2O2/c1-2-12-10-8(11)6-7-4-3-5-9-7/h7,9H,2-6H2,1H3,(H,10,11). The molecule has 0 aliphatic carbocycles. The van der Waals surface area contributed by atoms with Gasteiger partial charge in [-0.3, -0.25) is 9.63 Å². The van der Waals surface area contributed by atoms with Crippen LogP contribution in [0.5, 0.6) is 0 Å². The van der Waals surface area contributed by atoms with E-state index < -0.39 is 0 Å². The van der Waals surface area contributed by atoms with Crippen molar-refractivity contribution in [1.29, 1.82) is 0 Å². The first-order valence-electron chi connectivity index (χ1n) is 4.47. The third kappa shape index (κ3) is 3.19. The fourth-order valence-electron chi connectivity index (χ4n) is 1.35. The van der Waals surface area contributed by atoms with Crippen molar-refractivity contribution in [2.75, 3.05) is 13.2 Å². The molecular weight excluding hydrogens is 156 g/mol. The van der Waals surface area contributed by atoms with E-state index in [0.717, 1.165) is 13.0 Å². The molecule has 1 amide bonds. The molecule has 1 atom stereocenters. The second-order valence-corrected chi connectivity index (χ2v) is 2.96. The maximum absolute atomic E-state index is 11.1. The predicted octanol–water partition coefficient (Wildman–Crippen LogP) is 0.196. The first-order valence-corrected chi connectivity index (χ1v) is 4.47. The largest absolute Gasteiger partial charge is 0.313 e. The van der Waals surface area contributed by atoms with Crippen LogP contribution in [-0.4, -0.2) is 25.1 Å². The monoisotopic (exact) mass is 172 g/mol. The Morgan fingerprint density at radius 1 is 1.75 bits per heavy atom. The number of nitrogens with one attached hydrogen (secondary N) is 2. The van der Waals surface area contributed by atoms with E-state index in [1.165, 1.54) is 6.42 Å². The minimum absolute atomic E-state index is 0.0312. The molecule has 0 spiro atoms. The molecule has 0 aromatic carbocycles. The topological polar surface area (TPSA) is 50.4 Å². The molecule has 70 valence electrons. The zero-order valence-corrected chi connectivity index (χ0v) is 7.43. The molecule has 1 aliphatic heterocycles. The van der Waals surface area contributed by atoms with Crippen molar-refractivity contribution in [2.45, 2.75) is 32.2 Å². The van der Waals surface area contributed by atoms with Gasteiger partial charge in [0.2, 0.25) is 5.91 Å². The highest BCUT2D eigenvalue weighted by Crippen LogP contribution is 2.07. The summed E-state index contributed by atoms with van der Waals surface area (Å²) in [7, 11) is 0. The summed E-state index contributed by atoms with van der Waals surface area (Å²) in [5, 5.41) is 3.25. The van der Waals surface area contributed by atoms with E-state index in [0.29, 0.717) is 19.1 Å². The lowest BCUT2D eigenvalue weighted by Crippen LogP contribution is -2.31. The molecule has 4 heteroatoms. The lowest BCUT2D eigenvalue weighted by Gasteiger charge is -2.09. The van der Waals surface area contributed by atoms with Gasteiger partial charge < -0.3 is 5.32 Å². The normalized spacial score (nSPS) is 22.6. The SMILES string of the molecule is CCONC(=O)CC1CCCN1. The fourth-order valence-corrected chi connectivity index (χ4v) is 1.35. The van der Waals surface area contributed by atoms with Gasteiger partial charge in [-0.15, -0.1) is 0 Å². The van der Waals surface area contributed by atoms with Gasteiger partial charge >= 0.3 is 0 Å². The van der Waals surface area contributed by atoms with Crippen LogP contribution >= 0.6 is 0 Å². The Morgan fingerprint density at radius 2 is 2.58 bits per heavy atom. The Kier molecular flexibility index (Phi) is 4.04. The number of hydrogen-bond acceptors (Lipinski definition) is 3. The molecule has 1 saturated heterocycles. The Bertz CT molecular complexity index is 144. The first kappa shape index (κ1) is 9.48. The van der Waals surface area contributed by atoms with E-state index in [-0.39, 0.29) is 5.91 Å². The molecular formula is C8H16N2O2. The van der Waals surface area contributed by atoms with Gasteiger partial charge in [-0.25, -0.2) is 5.48 Å². The van der Waals surface area contributed by atoms with E-state index in [2.05, 4.69) is 10.8 Å². The smallest absolute Gasteiger partial charge is 0.245 e. The van der Waals surface area contributed by atoms with Crippen LogP contribution in [-0.2, 0) is 9.63 Å².